The number of aromatic nitrogens is 3. The van der Waals surface area contributed by atoms with Crippen molar-refractivity contribution in [2.24, 2.45) is 0 Å². The van der Waals surface area contributed by atoms with E-state index in [1.165, 1.54) is 6.33 Å². The van der Waals surface area contributed by atoms with Crippen LogP contribution in [0.4, 0.5) is 0 Å². The van der Waals surface area contributed by atoms with Gasteiger partial charge in [0.05, 0.1) is 6.54 Å². The maximum absolute atomic E-state index is 3.99. The maximum atomic E-state index is 3.99. The highest BCUT2D eigenvalue weighted by Gasteiger charge is 2.08. The number of hydrogen-bond donors (Lipinski definition) is 2. The number of H-pyrrole nitrogens is 1. The third-order valence-corrected chi connectivity index (χ3v) is 1.25. The van der Waals surface area contributed by atoms with Crippen LogP contribution in [0, 0.1) is 0 Å². The molecule has 0 aliphatic heterocycles. The molecule has 0 saturated heterocycles. The molecule has 1 rings (SSSR count). The SMILES string of the molecule is CC(C)(C)NCc1ncn[nH]1. The van der Waals surface area contributed by atoms with Crippen molar-refractivity contribution in [3.8, 4) is 0 Å². The summed E-state index contributed by atoms with van der Waals surface area (Å²) in [6.07, 6.45) is 1.51. The fourth-order valence-electron chi connectivity index (χ4n) is 0.665. The quantitative estimate of drug-likeness (QED) is 0.659. The van der Waals surface area contributed by atoms with Gasteiger partial charge in [-0.2, -0.15) is 5.10 Å². The monoisotopic (exact) mass is 154 g/mol. The number of hydrogen-bond acceptors (Lipinski definition) is 3. The lowest BCUT2D eigenvalue weighted by Gasteiger charge is -2.19. The van der Waals surface area contributed by atoms with Gasteiger partial charge in [0.2, 0.25) is 0 Å². The Hall–Kier alpha value is -0.900. The van der Waals surface area contributed by atoms with Gasteiger partial charge in [0.25, 0.3) is 0 Å². The Morgan fingerprint density at radius 1 is 1.55 bits per heavy atom. The second-order valence-corrected chi connectivity index (χ2v) is 3.54. The Balaban J connectivity index is 2.35. The molecule has 4 nitrogen and oxygen atoms in total. The predicted molar refractivity (Wildman–Crippen MR) is 43.0 cm³/mol. The highest BCUT2D eigenvalue weighted by Crippen LogP contribution is 1.99. The standard InChI is InChI=1S/C7H14N4/c1-7(2,3)9-4-6-8-5-10-11-6/h5,9H,4H2,1-3H3,(H,8,10,11). The van der Waals surface area contributed by atoms with E-state index in [0.29, 0.717) is 0 Å². The molecule has 62 valence electrons. The van der Waals surface area contributed by atoms with Gasteiger partial charge in [0.15, 0.2) is 0 Å². The lowest BCUT2D eigenvalue weighted by atomic mass is 10.1. The normalized spacial score (nSPS) is 11.9. The summed E-state index contributed by atoms with van der Waals surface area (Å²) < 4.78 is 0. The molecule has 0 aliphatic carbocycles. The number of nitrogens with one attached hydrogen (secondary N) is 2. The molecule has 0 fully saturated rings. The van der Waals surface area contributed by atoms with Crippen LogP contribution in [0.3, 0.4) is 0 Å². The van der Waals surface area contributed by atoms with Crippen LogP contribution < -0.4 is 5.32 Å². The molecule has 0 bridgehead atoms. The first kappa shape index (κ1) is 8.20. The van der Waals surface area contributed by atoms with E-state index < -0.39 is 0 Å². The molecule has 0 unspecified atom stereocenters. The fraction of sp³-hybridized carbons (Fsp3) is 0.714. The van der Waals surface area contributed by atoms with E-state index in [1.807, 2.05) is 0 Å². The Morgan fingerprint density at radius 3 is 2.73 bits per heavy atom. The minimum Gasteiger partial charge on any atom is -0.305 e. The second kappa shape index (κ2) is 3.00. The van der Waals surface area contributed by atoms with Crippen molar-refractivity contribution in [2.45, 2.75) is 32.9 Å². The van der Waals surface area contributed by atoms with Crippen molar-refractivity contribution >= 4 is 0 Å². The molecular weight excluding hydrogens is 140 g/mol. The zero-order chi connectivity index (χ0) is 8.32. The maximum Gasteiger partial charge on any atom is 0.138 e. The topological polar surface area (TPSA) is 53.6 Å². The van der Waals surface area contributed by atoms with E-state index >= 15 is 0 Å². The second-order valence-electron chi connectivity index (χ2n) is 3.54. The first-order chi connectivity index (χ1) is 5.08. The molecule has 0 aliphatic rings. The number of rotatable bonds is 2. The summed E-state index contributed by atoms with van der Waals surface area (Å²) in [5, 5.41) is 9.82. The highest BCUT2D eigenvalue weighted by atomic mass is 15.2. The zero-order valence-corrected chi connectivity index (χ0v) is 7.18. The molecule has 1 aromatic rings. The minimum absolute atomic E-state index is 0.132. The average molecular weight is 154 g/mol. The Labute approximate surface area is 66.4 Å². The van der Waals surface area contributed by atoms with Gasteiger partial charge in [0, 0.05) is 5.54 Å². The summed E-state index contributed by atoms with van der Waals surface area (Å²) >= 11 is 0. The van der Waals surface area contributed by atoms with Crippen molar-refractivity contribution in [1.82, 2.24) is 20.5 Å². The molecular formula is C7H14N4. The molecule has 0 radical (unpaired) electrons. The fourth-order valence-corrected chi connectivity index (χ4v) is 0.665. The highest BCUT2D eigenvalue weighted by molar-refractivity contribution is 4.82. The van der Waals surface area contributed by atoms with Gasteiger partial charge in [-0.1, -0.05) is 0 Å². The molecule has 1 aromatic heterocycles. The lowest BCUT2D eigenvalue weighted by Crippen LogP contribution is -2.35. The Bertz CT molecular complexity index is 197. The van der Waals surface area contributed by atoms with Crippen LogP contribution in [0.2, 0.25) is 0 Å². The van der Waals surface area contributed by atoms with Crippen molar-refractivity contribution < 1.29 is 0 Å². The Morgan fingerprint density at radius 2 is 2.27 bits per heavy atom. The van der Waals surface area contributed by atoms with Crippen LogP contribution >= 0.6 is 0 Å². The van der Waals surface area contributed by atoms with Crippen molar-refractivity contribution in [2.75, 3.05) is 0 Å². The van der Waals surface area contributed by atoms with E-state index in [-0.39, 0.29) is 5.54 Å². The van der Waals surface area contributed by atoms with Gasteiger partial charge >= 0.3 is 0 Å². The molecule has 0 atom stereocenters. The average Bonchev–Trinajstić information content (AvgIpc) is 2.32. The smallest absolute Gasteiger partial charge is 0.138 e. The van der Waals surface area contributed by atoms with Crippen LogP contribution in [0.5, 0.6) is 0 Å². The lowest BCUT2D eigenvalue weighted by molar-refractivity contribution is 0.418. The summed E-state index contributed by atoms with van der Waals surface area (Å²) in [6, 6.07) is 0. The van der Waals surface area contributed by atoms with E-state index in [4.69, 9.17) is 0 Å². The zero-order valence-electron chi connectivity index (χ0n) is 7.18. The van der Waals surface area contributed by atoms with E-state index in [0.717, 1.165) is 12.4 Å². The van der Waals surface area contributed by atoms with Crippen LogP contribution in [0.15, 0.2) is 6.33 Å². The Kier molecular flexibility index (Phi) is 2.24. The van der Waals surface area contributed by atoms with Crippen molar-refractivity contribution in [3.05, 3.63) is 12.2 Å². The molecule has 0 spiro atoms. The molecule has 0 aromatic carbocycles. The van der Waals surface area contributed by atoms with Crippen molar-refractivity contribution in [3.63, 3.8) is 0 Å². The van der Waals surface area contributed by atoms with Gasteiger partial charge in [-0.05, 0) is 20.8 Å². The number of nitrogens with zero attached hydrogens (tertiary/aromatic N) is 2. The van der Waals surface area contributed by atoms with Crippen molar-refractivity contribution in [1.29, 1.82) is 0 Å². The summed E-state index contributed by atoms with van der Waals surface area (Å²) in [5.74, 6) is 0.875. The molecule has 1 heterocycles. The molecule has 11 heavy (non-hydrogen) atoms. The van der Waals surface area contributed by atoms with E-state index in [1.54, 1.807) is 0 Å². The van der Waals surface area contributed by atoms with Gasteiger partial charge in [-0.25, -0.2) is 4.98 Å². The summed E-state index contributed by atoms with van der Waals surface area (Å²) in [5.41, 5.74) is 0.132. The van der Waals surface area contributed by atoms with Gasteiger partial charge in [-0.15, -0.1) is 0 Å². The van der Waals surface area contributed by atoms with Crippen LogP contribution in [0.25, 0.3) is 0 Å². The molecule has 0 amide bonds. The summed E-state index contributed by atoms with van der Waals surface area (Å²) in [6.45, 7) is 7.08. The van der Waals surface area contributed by atoms with Gasteiger partial charge in [-0.3, -0.25) is 5.10 Å². The van der Waals surface area contributed by atoms with Crippen LogP contribution in [-0.4, -0.2) is 20.7 Å². The summed E-state index contributed by atoms with van der Waals surface area (Å²) in [7, 11) is 0. The molecule has 0 saturated carbocycles. The van der Waals surface area contributed by atoms with E-state index in [2.05, 4.69) is 41.3 Å². The van der Waals surface area contributed by atoms with Crippen LogP contribution in [0.1, 0.15) is 26.6 Å². The molecule has 2 N–H and O–H groups in total. The van der Waals surface area contributed by atoms with Gasteiger partial charge in [0.1, 0.15) is 12.2 Å². The van der Waals surface area contributed by atoms with Gasteiger partial charge < -0.3 is 5.32 Å². The predicted octanol–water partition coefficient (Wildman–Crippen LogP) is 0.693. The first-order valence-electron chi connectivity index (χ1n) is 3.67. The third-order valence-electron chi connectivity index (χ3n) is 1.25. The van der Waals surface area contributed by atoms with E-state index in [9.17, 15) is 0 Å². The largest absolute Gasteiger partial charge is 0.305 e. The minimum atomic E-state index is 0.132. The third kappa shape index (κ3) is 3.13. The summed E-state index contributed by atoms with van der Waals surface area (Å²) in [4.78, 5) is 3.99. The molecule has 4 heteroatoms. The van der Waals surface area contributed by atoms with Crippen LogP contribution in [-0.2, 0) is 6.54 Å². The first-order valence-corrected chi connectivity index (χ1v) is 3.67. The number of aromatic amines is 1.